The Labute approximate surface area is 161 Å². The summed E-state index contributed by atoms with van der Waals surface area (Å²) in [5.41, 5.74) is 1.12. The van der Waals surface area contributed by atoms with Crippen molar-refractivity contribution in [3.05, 3.63) is 34.4 Å². The summed E-state index contributed by atoms with van der Waals surface area (Å²) >= 11 is 0. The quantitative estimate of drug-likeness (QED) is 0.585. The lowest BCUT2D eigenvalue weighted by molar-refractivity contribution is -0.384. The van der Waals surface area contributed by atoms with Crippen molar-refractivity contribution in [3.63, 3.8) is 0 Å². The van der Waals surface area contributed by atoms with Gasteiger partial charge in [-0.05, 0) is 44.7 Å². The monoisotopic (exact) mass is 374 g/mol. The SMILES string of the molecule is CCC1CCCCN1C(=O)C(C)N1CCN(c2ccc([N+](=O)[O-])cc2)CC1. The predicted molar refractivity (Wildman–Crippen MR) is 106 cm³/mol. The molecule has 0 aromatic heterocycles. The maximum Gasteiger partial charge on any atom is 0.269 e. The van der Waals surface area contributed by atoms with Crippen LogP contribution in [0.15, 0.2) is 24.3 Å². The van der Waals surface area contributed by atoms with Crippen molar-refractivity contribution in [2.75, 3.05) is 37.6 Å². The van der Waals surface area contributed by atoms with Crippen LogP contribution in [0.25, 0.3) is 0 Å². The molecule has 2 saturated heterocycles. The molecule has 2 aliphatic rings. The van der Waals surface area contributed by atoms with Crippen LogP contribution >= 0.6 is 0 Å². The van der Waals surface area contributed by atoms with Gasteiger partial charge < -0.3 is 9.80 Å². The Morgan fingerprint density at radius 3 is 2.41 bits per heavy atom. The molecule has 2 fully saturated rings. The van der Waals surface area contributed by atoms with Gasteiger partial charge >= 0.3 is 0 Å². The van der Waals surface area contributed by atoms with E-state index < -0.39 is 0 Å². The number of likely N-dealkylation sites (tertiary alicyclic amines) is 1. The van der Waals surface area contributed by atoms with Crippen LogP contribution in [0.5, 0.6) is 0 Å². The van der Waals surface area contributed by atoms with Crippen LogP contribution in [0.3, 0.4) is 0 Å². The van der Waals surface area contributed by atoms with E-state index in [1.165, 1.54) is 6.42 Å². The molecule has 1 amide bonds. The van der Waals surface area contributed by atoms with Crippen LogP contribution < -0.4 is 4.90 Å². The minimum atomic E-state index is -0.376. The number of anilines is 1. The first kappa shape index (κ1) is 19.6. The number of carbonyl (C=O) groups excluding carboxylic acids is 1. The number of nitro groups is 1. The van der Waals surface area contributed by atoms with Crippen molar-refractivity contribution in [1.29, 1.82) is 0 Å². The summed E-state index contributed by atoms with van der Waals surface area (Å²) < 4.78 is 0. The zero-order valence-corrected chi connectivity index (χ0v) is 16.3. The van der Waals surface area contributed by atoms with Gasteiger partial charge in [-0.1, -0.05) is 6.92 Å². The molecule has 2 unspecified atom stereocenters. The Bertz CT molecular complexity index is 656. The molecule has 7 nitrogen and oxygen atoms in total. The van der Waals surface area contributed by atoms with Crippen LogP contribution in [-0.4, -0.2) is 65.4 Å². The van der Waals surface area contributed by atoms with Gasteiger partial charge in [0.2, 0.25) is 5.91 Å². The molecule has 2 atom stereocenters. The highest BCUT2D eigenvalue weighted by Gasteiger charge is 2.32. The number of piperidine rings is 1. The smallest absolute Gasteiger partial charge is 0.269 e. The summed E-state index contributed by atoms with van der Waals surface area (Å²) in [6, 6.07) is 7.03. The molecule has 1 aromatic rings. The molecule has 1 aromatic carbocycles. The third-order valence-electron chi connectivity index (χ3n) is 6.03. The first-order valence-corrected chi connectivity index (χ1v) is 10.0. The maximum absolute atomic E-state index is 13.0. The first-order chi connectivity index (χ1) is 13.0. The summed E-state index contributed by atoms with van der Waals surface area (Å²) in [4.78, 5) is 30.1. The van der Waals surface area contributed by atoms with Gasteiger partial charge in [0.25, 0.3) is 5.69 Å². The van der Waals surface area contributed by atoms with Crippen molar-refractivity contribution >= 4 is 17.3 Å². The number of benzene rings is 1. The van der Waals surface area contributed by atoms with Crippen molar-refractivity contribution in [1.82, 2.24) is 9.80 Å². The number of nitro benzene ring substituents is 1. The average Bonchev–Trinajstić information content (AvgIpc) is 2.72. The molecule has 0 spiro atoms. The fourth-order valence-electron chi connectivity index (χ4n) is 4.26. The Hall–Kier alpha value is -2.15. The van der Waals surface area contributed by atoms with E-state index in [1.54, 1.807) is 12.1 Å². The molecule has 27 heavy (non-hydrogen) atoms. The van der Waals surface area contributed by atoms with Gasteiger partial charge in [0, 0.05) is 56.6 Å². The van der Waals surface area contributed by atoms with Crippen molar-refractivity contribution in [2.24, 2.45) is 0 Å². The predicted octanol–water partition coefficient (Wildman–Crippen LogP) is 2.90. The third-order valence-corrected chi connectivity index (χ3v) is 6.03. The second-order valence-corrected chi connectivity index (χ2v) is 7.56. The third kappa shape index (κ3) is 4.40. The van der Waals surface area contributed by atoms with E-state index >= 15 is 0 Å². The van der Waals surface area contributed by atoms with E-state index in [0.29, 0.717) is 6.04 Å². The molecule has 0 N–H and O–H groups in total. The Morgan fingerprint density at radius 1 is 1.15 bits per heavy atom. The number of non-ortho nitro benzene ring substituents is 1. The number of carbonyl (C=O) groups is 1. The molecule has 2 aliphatic heterocycles. The van der Waals surface area contributed by atoms with Crippen LogP contribution in [0.4, 0.5) is 11.4 Å². The number of nitrogens with zero attached hydrogens (tertiary/aromatic N) is 4. The van der Waals surface area contributed by atoms with Crippen LogP contribution in [0.2, 0.25) is 0 Å². The molecule has 0 aliphatic carbocycles. The lowest BCUT2D eigenvalue weighted by atomic mass is 9.99. The van der Waals surface area contributed by atoms with Gasteiger partial charge in [-0.15, -0.1) is 0 Å². The normalized spacial score (nSPS) is 22.5. The van der Waals surface area contributed by atoms with Gasteiger partial charge in [0.15, 0.2) is 0 Å². The summed E-state index contributed by atoms with van der Waals surface area (Å²) in [7, 11) is 0. The molecular formula is C20H30N4O3. The van der Waals surface area contributed by atoms with Gasteiger partial charge in [-0.2, -0.15) is 0 Å². The van der Waals surface area contributed by atoms with Crippen molar-refractivity contribution in [2.45, 2.75) is 51.6 Å². The van der Waals surface area contributed by atoms with Gasteiger partial charge in [0.05, 0.1) is 11.0 Å². The van der Waals surface area contributed by atoms with Crippen molar-refractivity contribution in [3.8, 4) is 0 Å². The van der Waals surface area contributed by atoms with Gasteiger partial charge in [-0.3, -0.25) is 19.8 Å². The number of amides is 1. The summed E-state index contributed by atoms with van der Waals surface area (Å²) in [6.45, 7) is 8.40. The number of rotatable bonds is 5. The molecule has 7 heteroatoms. The van der Waals surface area contributed by atoms with Crippen LogP contribution in [0.1, 0.15) is 39.5 Å². The lowest BCUT2D eigenvalue weighted by Gasteiger charge is -2.42. The van der Waals surface area contributed by atoms with Crippen LogP contribution in [-0.2, 0) is 4.79 Å². The highest BCUT2D eigenvalue weighted by atomic mass is 16.6. The largest absolute Gasteiger partial charge is 0.369 e. The highest BCUT2D eigenvalue weighted by Crippen LogP contribution is 2.23. The van der Waals surface area contributed by atoms with E-state index in [4.69, 9.17) is 0 Å². The first-order valence-electron chi connectivity index (χ1n) is 10.0. The second kappa shape index (κ2) is 8.69. The summed E-state index contributed by atoms with van der Waals surface area (Å²) in [6.07, 6.45) is 4.50. The van der Waals surface area contributed by atoms with E-state index in [9.17, 15) is 14.9 Å². The molecule has 0 radical (unpaired) electrons. The standard InChI is InChI=1S/C20H30N4O3/c1-3-17-6-4-5-11-23(17)20(25)16(2)21-12-14-22(15-13-21)18-7-9-19(10-8-18)24(26)27/h7-10,16-17H,3-6,11-15H2,1-2H3. The van der Waals surface area contributed by atoms with E-state index in [0.717, 1.165) is 57.7 Å². The molecule has 0 bridgehead atoms. The molecule has 0 saturated carbocycles. The van der Waals surface area contributed by atoms with Crippen molar-refractivity contribution < 1.29 is 9.72 Å². The Balaban J connectivity index is 1.56. The van der Waals surface area contributed by atoms with E-state index in [1.807, 2.05) is 19.1 Å². The number of hydrogen-bond acceptors (Lipinski definition) is 5. The molecule has 2 heterocycles. The minimum Gasteiger partial charge on any atom is -0.369 e. The van der Waals surface area contributed by atoms with E-state index in [-0.39, 0.29) is 22.6 Å². The van der Waals surface area contributed by atoms with E-state index in [2.05, 4.69) is 21.6 Å². The Kier molecular flexibility index (Phi) is 6.31. The zero-order valence-electron chi connectivity index (χ0n) is 16.3. The average molecular weight is 374 g/mol. The fourth-order valence-corrected chi connectivity index (χ4v) is 4.26. The summed E-state index contributed by atoms with van der Waals surface area (Å²) in [5, 5.41) is 10.8. The maximum atomic E-state index is 13.0. The topological polar surface area (TPSA) is 69.9 Å². The van der Waals surface area contributed by atoms with Gasteiger partial charge in [0.1, 0.15) is 0 Å². The van der Waals surface area contributed by atoms with Crippen LogP contribution in [0, 0.1) is 10.1 Å². The fraction of sp³-hybridized carbons (Fsp3) is 0.650. The summed E-state index contributed by atoms with van der Waals surface area (Å²) in [5.74, 6) is 0.269. The second-order valence-electron chi connectivity index (χ2n) is 7.56. The number of hydrogen-bond donors (Lipinski definition) is 0. The zero-order chi connectivity index (χ0) is 19.4. The molecule has 148 valence electrons. The number of piperazine rings is 1. The highest BCUT2D eigenvalue weighted by molar-refractivity contribution is 5.82. The lowest BCUT2D eigenvalue weighted by Crippen LogP contribution is -2.56. The minimum absolute atomic E-state index is 0.0869. The molecular weight excluding hydrogens is 344 g/mol. The molecule has 3 rings (SSSR count). The Morgan fingerprint density at radius 2 is 1.81 bits per heavy atom. The van der Waals surface area contributed by atoms with Gasteiger partial charge in [-0.25, -0.2) is 0 Å².